The number of hydrogen-bond acceptors (Lipinski definition) is 4. The topological polar surface area (TPSA) is 44.8 Å². The van der Waals surface area contributed by atoms with Crippen LogP contribution in [0.4, 0.5) is 0 Å². The van der Waals surface area contributed by atoms with Gasteiger partial charge >= 0.3 is 5.97 Å². The number of cyclic esters (lactones) is 1. The van der Waals surface area contributed by atoms with Crippen molar-refractivity contribution in [3.05, 3.63) is 0 Å². The standard InChI is InChI=1S/C21H32O4/c1-19-9-10-23-18(22)13-14(19)3-4-15-16(19)5-7-20(2)17(15)6-8-21(20)24-11-12-25-21/h14-17H,3-13H2,1-2H3/t14-,15+,16-,17-,19?,20-/m0/s1. The summed E-state index contributed by atoms with van der Waals surface area (Å²) in [6.45, 7) is 7.05. The molecule has 2 aliphatic heterocycles. The Morgan fingerprint density at radius 3 is 2.44 bits per heavy atom. The molecule has 1 unspecified atom stereocenters. The van der Waals surface area contributed by atoms with Gasteiger partial charge in [-0.25, -0.2) is 0 Å². The molecule has 140 valence electrons. The maximum Gasteiger partial charge on any atom is 0.306 e. The summed E-state index contributed by atoms with van der Waals surface area (Å²) >= 11 is 0. The van der Waals surface area contributed by atoms with Crippen LogP contribution >= 0.6 is 0 Å². The minimum Gasteiger partial charge on any atom is -0.466 e. The molecule has 0 amide bonds. The van der Waals surface area contributed by atoms with E-state index in [-0.39, 0.29) is 22.6 Å². The molecule has 5 fully saturated rings. The fourth-order valence-corrected chi connectivity index (χ4v) is 7.79. The van der Waals surface area contributed by atoms with E-state index in [1.807, 2.05) is 0 Å². The van der Waals surface area contributed by atoms with E-state index in [4.69, 9.17) is 14.2 Å². The summed E-state index contributed by atoms with van der Waals surface area (Å²) in [5.74, 6) is 2.45. The van der Waals surface area contributed by atoms with Gasteiger partial charge in [-0.3, -0.25) is 4.79 Å². The molecule has 25 heavy (non-hydrogen) atoms. The summed E-state index contributed by atoms with van der Waals surface area (Å²) in [4.78, 5) is 12.0. The van der Waals surface area contributed by atoms with Crippen LogP contribution in [0.25, 0.3) is 0 Å². The van der Waals surface area contributed by atoms with Gasteiger partial charge < -0.3 is 14.2 Å². The largest absolute Gasteiger partial charge is 0.466 e. The van der Waals surface area contributed by atoms with Crippen LogP contribution in [-0.4, -0.2) is 31.6 Å². The molecule has 5 aliphatic rings. The molecule has 0 aromatic carbocycles. The molecule has 1 spiro atoms. The number of rotatable bonds is 0. The Morgan fingerprint density at radius 1 is 0.880 bits per heavy atom. The van der Waals surface area contributed by atoms with Crippen molar-refractivity contribution in [3.8, 4) is 0 Å². The van der Waals surface area contributed by atoms with Crippen LogP contribution in [0.5, 0.6) is 0 Å². The van der Waals surface area contributed by atoms with Gasteiger partial charge in [-0.1, -0.05) is 13.8 Å². The molecule has 0 radical (unpaired) electrons. The predicted molar refractivity (Wildman–Crippen MR) is 92.7 cm³/mol. The van der Waals surface area contributed by atoms with Crippen molar-refractivity contribution in [1.82, 2.24) is 0 Å². The molecular formula is C21H32O4. The summed E-state index contributed by atoms with van der Waals surface area (Å²) in [7, 11) is 0. The Kier molecular flexibility index (Phi) is 3.61. The van der Waals surface area contributed by atoms with E-state index in [9.17, 15) is 4.79 Å². The van der Waals surface area contributed by atoms with Crippen molar-refractivity contribution in [2.75, 3.05) is 19.8 Å². The molecule has 6 atom stereocenters. The van der Waals surface area contributed by atoms with E-state index in [0.29, 0.717) is 24.9 Å². The molecule has 0 aromatic heterocycles. The lowest BCUT2D eigenvalue weighted by atomic mass is 9.46. The Morgan fingerprint density at radius 2 is 1.64 bits per heavy atom. The van der Waals surface area contributed by atoms with Gasteiger partial charge in [-0.05, 0) is 67.6 Å². The molecule has 2 heterocycles. The van der Waals surface area contributed by atoms with Gasteiger partial charge in [0.05, 0.1) is 19.8 Å². The third-order valence-corrected chi connectivity index (χ3v) is 9.18. The Balaban J connectivity index is 1.46. The number of carbonyl (C=O) groups excluding carboxylic acids is 1. The van der Waals surface area contributed by atoms with Gasteiger partial charge in [0.15, 0.2) is 5.79 Å². The summed E-state index contributed by atoms with van der Waals surface area (Å²) in [5, 5.41) is 0. The number of ether oxygens (including phenoxy) is 3. The monoisotopic (exact) mass is 348 g/mol. The predicted octanol–water partition coefficient (Wildman–Crippen LogP) is 3.93. The van der Waals surface area contributed by atoms with Gasteiger partial charge in [-0.15, -0.1) is 0 Å². The van der Waals surface area contributed by atoms with Crippen LogP contribution < -0.4 is 0 Å². The number of esters is 1. The molecule has 3 saturated carbocycles. The van der Waals surface area contributed by atoms with Crippen LogP contribution in [0, 0.1) is 34.5 Å². The molecule has 0 aromatic rings. The van der Waals surface area contributed by atoms with Gasteiger partial charge in [-0.2, -0.15) is 0 Å². The number of fused-ring (bicyclic) bond motifs is 6. The van der Waals surface area contributed by atoms with Crippen LogP contribution in [0.15, 0.2) is 0 Å². The van der Waals surface area contributed by atoms with E-state index in [2.05, 4.69) is 13.8 Å². The second-order valence-corrected chi connectivity index (χ2v) is 9.78. The zero-order valence-electron chi connectivity index (χ0n) is 15.7. The molecule has 4 nitrogen and oxygen atoms in total. The highest BCUT2D eigenvalue weighted by atomic mass is 16.7. The van der Waals surface area contributed by atoms with E-state index < -0.39 is 0 Å². The Bertz CT molecular complexity index is 568. The van der Waals surface area contributed by atoms with Gasteiger partial charge in [0, 0.05) is 18.3 Å². The SMILES string of the molecule is CC12CCOC(=O)C[C@@H]1CC[C@@H]1[C@@H]2CC[C@@]2(C)[C@H]1CCC21OCCO1. The first-order valence-electron chi connectivity index (χ1n) is 10.4. The van der Waals surface area contributed by atoms with E-state index in [0.717, 1.165) is 37.9 Å². The highest BCUT2D eigenvalue weighted by Crippen LogP contribution is 2.68. The zero-order valence-corrected chi connectivity index (χ0v) is 15.7. The second-order valence-electron chi connectivity index (χ2n) is 9.78. The lowest BCUT2D eigenvalue weighted by Crippen LogP contribution is -2.56. The van der Waals surface area contributed by atoms with Crippen molar-refractivity contribution >= 4 is 5.97 Å². The van der Waals surface area contributed by atoms with Gasteiger partial charge in [0.25, 0.3) is 0 Å². The average Bonchev–Trinajstić information content (AvgIpc) is 3.13. The molecule has 3 aliphatic carbocycles. The quantitative estimate of drug-likeness (QED) is 0.622. The minimum atomic E-state index is -0.303. The van der Waals surface area contributed by atoms with Crippen molar-refractivity contribution in [2.24, 2.45) is 34.5 Å². The average molecular weight is 348 g/mol. The first-order valence-corrected chi connectivity index (χ1v) is 10.4. The third kappa shape index (κ3) is 2.10. The Labute approximate surface area is 151 Å². The van der Waals surface area contributed by atoms with Crippen LogP contribution in [0.2, 0.25) is 0 Å². The second kappa shape index (κ2) is 5.45. The Hall–Kier alpha value is -0.610. The maximum absolute atomic E-state index is 12.0. The lowest BCUT2D eigenvalue weighted by Gasteiger charge is -2.59. The fourth-order valence-electron chi connectivity index (χ4n) is 7.79. The van der Waals surface area contributed by atoms with Crippen molar-refractivity contribution in [3.63, 3.8) is 0 Å². The highest BCUT2D eigenvalue weighted by molar-refractivity contribution is 5.70. The lowest BCUT2D eigenvalue weighted by molar-refractivity contribution is -0.246. The highest BCUT2D eigenvalue weighted by Gasteiger charge is 2.67. The van der Waals surface area contributed by atoms with E-state index in [1.54, 1.807) is 0 Å². The van der Waals surface area contributed by atoms with Crippen molar-refractivity contribution in [1.29, 1.82) is 0 Å². The van der Waals surface area contributed by atoms with Crippen LogP contribution in [0.1, 0.15) is 65.2 Å². The third-order valence-electron chi connectivity index (χ3n) is 9.18. The minimum absolute atomic E-state index is 0.0281. The molecule has 5 rings (SSSR count). The molecule has 0 bridgehead atoms. The van der Waals surface area contributed by atoms with Crippen molar-refractivity contribution in [2.45, 2.75) is 71.0 Å². The van der Waals surface area contributed by atoms with Crippen LogP contribution in [0.3, 0.4) is 0 Å². The number of carbonyl (C=O) groups is 1. The number of hydrogen-bond donors (Lipinski definition) is 0. The first-order chi connectivity index (χ1) is 12.0. The zero-order chi connectivity index (χ0) is 17.3. The van der Waals surface area contributed by atoms with Crippen molar-refractivity contribution < 1.29 is 19.0 Å². The molecular weight excluding hydrogens is 316 g/mol. The normalized spacial score (nSPS) is 51.4. The maximum atomic E-state index is 12.0. The summed E-state index contributed by atoms with van der Waals surface area (Å²) in [5.41, 5.74) is 0.439. The smallest absolute Gasteiger partial charge is 0.306 e. The molecule has 0 N–H and O–H groups in total. The fraction of sp³-hybridized carbons (Fsp3) is 0.952. The first kappa shape index (κ1) is 16.6. The van der Waals surface area contributed by atoms with Gasteiger partial charge in [0.2, 0.25) is 0 Å². The van der Waals surface area contributed by atoms with Gasteiger partial charge in [0.1, 0.15) is 0 Å². The summed E-state index contributed by atoms with van der Waals surface area (Å²) < 4.78 is 17.9. The van der Waals surface area contributed by atoms with Crippen LogP contribution in [-0.2, 0) is 19.0 Å². The molecule has 4 heteroatoms. The molecule has 2 saturated heterocycles. The summed E-state index contributed by atoms with van der Waals surface area (Å²) in [6.07, 6.45) is 8.92. The van der Waals surface area contributed by atoms with E-state index in [1.165, 1.54) is 32.1 Å². The summed E-state index contributed by atoms with van der Waals surface area (Å²) in [6, 6.07) is 0. The van der Waals surface area contributed by atoms with E-state index >= 15 is 0 Å².